The lowest BCUT2D eigenvalue weighted by atomic mass is 10.2. The van der Waals surface area contributed by atoms with E-state index in [0.29, 0.717) is 18.2 Å². The van der Waals surface area contributed by atoms with E-state index >= 15 is 0 Å². The molecule has 0 aromatic carbocycles. The van der Waals surface area contributed by atoms with Gasteiger partial charge in [-0.25, -0.2) is 4.39 Å². The van der Waals surface area contributed by atoms with Gasteiger partial charge >= 0.3 is 0 Å². The van der Waals surface area contributed by atoms with Crippen molar-refractivity contribution in [1.29, 1.82) is 0 Å². The minimum absolute atomic E-state index is 0.305. The van der Waals surface area contributed by atoms with Crippen molar-refractivity contribution in [2.45, 2.75) is 6.17 Å². The van der Waals surface area contributed by atoms with E-state index in [1.807, 2.05) is 0 Å². The normalized spacial score (nSPS) is 20.4. The first kappa shape index (κ1) is 5.75. The molecule has 0 amide bonds. The lowest BCUT2D eigenvalue weighted by molar-refractivity contribution is 0.132. The van der Waals surface area contributed by atoms with E-state index < -0.39 is 6.17 Å². The topological polar surface area (TPSA) is 29.3 Å². The Morgan fingerprint density at radius 3 is 2.38 bits per heavy atom. The molecule has 1 heterocycles. The van der Waals surface area contributed by atoms with E-state index in [9.17, 15) is 4.39 Å². The van der Waals surface area contributed by atoms with Crippen molar-refractivity contribution < 1.29 is 4.39 Å². The molecule has 0 spiro atoms. The van der Waals surface area contributed by atoms with Crippen LogP contribution in [-0.2, 0) is 0 Å². The molecule has 2 nitrogen and oxygen atoms in total. The van der Waals surface area contributed by atoms with Gasteiger partial charge in [0.25, 0.3) is 0 Å². The van der Waals surface area contributed by atoms with Gasteiger partial charge in [0.15, 0.2) is 5.11 Å². The third-order valence-electron chi connectivity index (χ3n) is 1.15. The van der Waals surface area contributed by atoms with Crippen LogP contribution in [0.2, 0.25) is 0 Å². The van der Waals surface area contributed by atoms with Crippen LogP contribution in [0.5, 0.6) is 0 Å². The Hall–Kier alpha value is -0.380. The molecule has 0 saturated carbocycles. The molecular weight excluding hydrogens is 127 g/mol. The fraction of sp³-hybridized carbons (Fsp3) is 0.750. The molecule has 8 heavy (non-hydrogen) atoms. The van der Waals surface area contributed by atoms with Gasteiger partial charge in [0, 0.05) is 0 Å². The number of hydrogen-bond acceptors (Lipinski definition) is 1. The number of rotatable bonds is 0. The molecule has 1 aliphatic heterocycles. The van der Waals surface area contributed by atoms with Crippen LogP contribution in [0.4, 0.5) is 4.39 Å². The first-order valence-corrected chi connectivity index (χ1v) is 2.79. The second-order valence-electron chi connectivity index (χ2n) is 1.84. The zero-order valence-corrected chi connectivity index (χ0v) is 5.12. The summed E-state index contributed by atoms with van der Waals surface area (Å²) in [6.45, 7) is 0.769. The monoisotopic (exact) mass is 134 g/mol. The summed E-state index contributed by atoms with van der Waals surface area (Å²) in [7, 11) is 0. The Balaban J connectivity index is 2.25. The zero-order valence-electron chi connectivity index (χ0n) is 4.30. The van der Waals surface area contributed by atoms with Crippen LogP contribution in [0, 0.1) is 0 Å². The maximum atomic E-state index is 12.0. The average Bonchev–Trinajstić information content (AvgIpc) is 1.57. The van der Waals surface area contributed by atoms with E-state index in [1.165, 1.54) is 0 Å². The summed E-state index contributed by atoms with van der Waals surface area (Å²) in [5.41, 5.74) is 5.15. The van der Waals surface area contributed by atoms with Gasteiger partial charge in [-0.05, 0) is 12.2 Å². The molecule has 0 atom stereocenters. The molecule has 1 rings (SSSR count). The first-order chi connectivity index (χ1) is 3.70. The lowest BCUT2D eigenvalue weighted by Crippen LogP contribution is -2.53. The Morgan fingerprint density at radius 1 is 1.75 bits per heavy atom. The lowest BCUT2D eigenvalue weighted by Gasteiger charge is -2.34. The largest absolute Gasteiger partial charge is 0.376 e. The van der Waals surface area contributed by atoms with Gasteiger partial charge in [0.05, 0.1) is 13.1 Å². The van der Waals surface area contributed by atoms with Gasteiger partial charge in [-0.3, -0.25) is 0 Å². The van der Waals surface area contributed by atoms with E-state index in [0.717, 1.165) is 0 Å². The average molecular weight is 134 g/mol. The van der Waals surface area contributed by atoms with Crippen LogP contribution >= 0.6 is 12.2 Å². The van der Waals surface area contributed by atoms with Crippen molar-refractivity contribution in [3.8, 4) is 0 Å². The highest BCUT2D eigenvalue weighted by Crippen LogP contribution is 2.09. The Kier molecular flexibility index (Phi) is 1.33. The van der Waals surface area contributed by atoms with Gasteiger partial charge < -0.3 is 10.6 Å². The number of thiocarbonyl (C=S) groups is 1. The smallest absolute Gasteiger partial charge is 0.166 e. The molecular formula is C4H7FN2S. The van der Waals surface area contributed by atoms with Crippen LogP contribution in [-0.4, -0.2) is 29.3 Å². The molecule has 0 aliphatic carbocycles. The fourth-order valence-electron chi connectivity index (χ4n) is 0.605. The maximum Gasteiger partial charge on any atom is 0.166 e. The standard InChI is InChI=1S/C4H7FN2S/c5-3-1-7(2-3)4(6)8/h3H,1-2H2,(H2,6,8). The SMILES string of the molecule is NC(=S)N1CC(F)C1. The van der Waals surface area contributed by atoms with Crippen molar-refractivity contribution in [2.24, 2.45) is 5.73 Å². The zero-order chi connectivity index (χ0) is 6.15. The van der Waals surface area contributed by atoms with Crippen LogP contribution in [0.3, 0.4) is 0 Å². The van der Waals surface area contributed by atoms with Crippen molar-refractivity contribution in [3.63, 3.8) is 0 Å². The Morgan fingerprint density at radius 2 is 2.25 bits per heavy atom. The van der Waals surface area contributed by atoms with Gasteiger partial charge in [0.1, 0.15) is 6.17 Å². The molecule has 2 N–H and O–H groups in total. The number of hydrogen-bond donors (Lipinski definition) is 1. The van der Waals surface area contributed by atoms with Gasteiger partial charge in [-0.1, -0.05) is 0 Å². The number of nitrogens with two attached hydrogens (primary N) is 1. The van der Waals surface area contributed by atoms with Crippen molar-refractivity contribution >= 4 is 17.3 Å². The predicted octanol–water partition coefficient (Wildman–Crippen LogP) is -0.116. The number of halogens is 1. The van der Waals surface area contributed by atoms with Gasteiger partial charge in [-0.15, -0.1) is 0 Å². The first-order valence-electron chi connectivity index (χ1n) is 2.38. The van der Waals surface area contributed by atoms with E-state index in [4.69, 9.17) is 5.73 Å². The van der Waals surface area contributed by atoms with Crippen LogP contribution in [0.25, 0.3) is 0 Å². The second-order valence-corrected chi connectivity index (χ2v) is 2.26. The molecule has 0 bridgehead atoms. The summed E-state index contributed by atoms with van der Waals surface area (Å²) < 4.78 is 12.0. The minimum atomic E-state index is -0.712. The molecule has 0 aromatic rings. The number of alkyl halides is 1. The second kappa shape index (κ2) is 1.85. The molecule has 0 aromatic heterocycles. The summed E-state index contributed by atoms with van der Waals surface area (Å²) in [6, 6.07) is 0. The summed E-state index contributed by atoms with van der Waals surface area (Å²) in [4.78, 5) is 1.62. The van der Waals surface area contributed by atoms with Crippen molar-refractivity contribution in [3.05, 3.63) is 0 Å². The van der Waals surface area contributed by atoms with Crippen molar-refractivity contribution in [1.82, 2.24) is 4.90 Å². The van der Waals surface area contributed by atoms with Crippen LogP contribution in [0.15, 0.2) is 0 Å². The number of likely N-dealkylation sites (tertiary alicyclic amines) is 1. The minimum Gasteiger partial charge on any atom is -0.376 e. The van der Waals surface area contributed by atoms with Crippen molar-refractivity contribution in [2.75, 3.05) is 13.1 Å². The molecule has 46 valence electrons. The quantitative estimate of drug-likeness (QED) is 0.468. The molecule has 0 unspecified atom stereocenters. The third-order valence-corrected chi connectivity index (χ3v) is 1.41. The molecule has 1 fully saturated rings. The highest BCUT2D eigenvalue weighted by Gasteiger charge is 2.26. The molecule has 0 radical (unpaired) electrons. The summed E-state index contributed by atoms with van der Waals surface area (Å²) in [6.07, 6.45) is -0.712. The molecule has 1 aliphatic rings. The van der Waals surface area contributed by atoms with E-state index in [-0.39, 0.29) is 0 Å². The Bertz CT molecular complexity index is 111. The van der Waals surface area contributed by atoms with Crippen LogP contribution < -0.4 is 5.73 Å². The molecule has 4 heteroatoms. The highest BCUT2D eigenvalue weighted by atomic mass is 32.1. The number of nitrogens with zero attached hydrogens (tertiary/aromatic N) is 1. The van der Waals surface area contributed by atoms with E-state index in [1.54, 1.807) is 4.90 Å². The summed E-state index contributed by atoms with van der Waals surface area (Å²) >= 11 is 4.56. The van der Waals surface area contributed by atoms with E-state index in [2.05, 4.69) is 12.2 Å². The highest BCUT2D eigenvalue weighted by molar-refractivity contribution is 7.80. The maximum absolute atomic E-state index is 12.0. The van der Waals surface area contributed by atoms with Gasteiger partial charge in [-0.2, -0.15) is 0 Å². The summed E-state index contributed by atoms with van der Waals surface area (Å²) in [5.74, 6) is 0. The van der Waals surface area contributed by atoms with Crippen LogP contribution in [0.1, 0.15) is 0 Å². The fourth-order valence-corrected chi connectivity index (χ4v) is 0.754. The molecule has 1 saturated heterocycles. The van der Waals surface area contributed by atoms with Gasteiger partial charge in [0.2, 0.25) is 0 Å². The Labute approximate surface area is 52.5 Å². The predicted molar refractivity (Wildman–Crippen MR) is 33.3 cm³/mol. The third kappa shape index (κ3) is 0.888. The summed E-state index contributed by atoms with van der Waals surface area (Å²) in [5, 5.41) is 0.305.